The van der Waals surface area contributed by atoms with Crippen LogP contribution in [-0.4, -0.2) is 18.5 Å². The van der Waals surface area contributed by atoms with Crippen molar-refractivity contribution in [2.45, 2.75) is 13.3 Å². The van der Waals surface area contributed by atoms with Gasteiger partial charge in [-0.15, -0.1) is 0 Å². The highest BCUT2D eigenvalue weighted by molar-refractivity contribution is 5.83. The van der Waals surface area contributed by atoms with Crippen LogP contribution in [0.15, 0.2) is 61.2 Å². The summed E-state index contributed by atoms with van der Waals surface area (Å²) in [5, 5.41) is 0. The zero-order valence-electron chi connectivity index (χ0n) is 13.0. The van der Waals surface area contributed by atoms with Gasteiger partial charge in [0.25, 0.3) is 0 Å². The Balaban J connectivity index is 2.00. The first-order valence-corrected chi connectivity index (χ1v) is 7.25. The minimum Gasteiger partial charge on any atom is -0.466 e. The molecule has 0 N–H and O–H groups in total. The summed E-state index contributed by atoms with van der Waals surface area (Å²) in [7, 11) is 0. The Labute approximate surface area is 135 Å². The van der Waals surface area contributed by atoms with Crippen LogP contribution in [-0.2, 0) is 20.7 Å². The van der Waals surface area contributed by atoms with Gasteiger partial charge in [0.15, 0.2) is 0 Å². The average molecular weight is 310 g/mol. The van der Waals surface area contributed by atoms with E-state index in [0.29, 0.717) is 18.8 Å². The zero-order valence-corrected chi connectivity index (χ0v) is 13.0. The van der Waals surface area contributed by atoms with E-state index in [1.807, 2.05) is 36.4 Å². The van der Waals surface area contributed by atoms with E-state index in [0.717, 1.165) is 22.8 Å². The molecule has 23 heavy (non-hydrogen) atoms. The molecule has 4 nitrogen and oxygen atoms in total. The van der Waals surface area contributed by atoms with Crippen LogP contribution in [0.3, 0.4) is 0 Å². The maximum Gasteiger partial charge on any atom is 0.335 e. The molecule has 118 valence electrons. The van der Waals surface area contributed by atoms with Crippen molar-refractivity contribution in [1.29, 1.82) is 0 Å². The van der Waals surface area contributed by atoms with E-state index in [-0.39, 0.29) is 5.97 Å². The van der Waals surface area contributed by atoms with E-state index >= 15 is 0 Å². The summed E-state index contributed by atoms with van der Waals surface area (Å²) in [6.45, 7) is 5.15. The molecule has 4 heteroatoms. The molecule has 0 heterocycles. The largest absolute Gasteiger partial charge is 0.466 e. The molecular formula is C19H18O4. The maximum absolute atomic E-state index is 11.1. The van der Waals surface area contributed by atoms with Crippen molar-refractivity contribution < 1.29 is 19.1 Å². The fourth-order valence-electron chi connectivity index (χ4n) is 2.05. The van der Waals surface area contributed by atoms with Gasteiger partial charge < -0.3 is 9.47 Å². The number of hydrogen-bond acceptors (Lipinski definition) is 4. The highest BCUT2D eigenvalue weighted by Crippen LogP contribution is 2.23. The van der Waals surface area contributed by atoms with Crippen LogP contribution in [0.4, 0.5) is 0 Å². The first-order valence-electron chi connectivity index (χ1n) is 7.25. The van der Waals surface area contributed by atoms with Gasteiger partial charge in [-0.1, -0.05) is 43.0 Å². The monoisotopic (exact) mass is 310 g/mol. The summed E-state index contributed by atoms with van der Waals surface area (Å²) in [4.78, 5) is 21.9. The SMILES string of the molecule is C=CC(=O)Oc1ccc(-c2ccc(CCOC(C)=O)cc2)cc1. The first kappa shape index (κ1) is 16.5. The Hall–Kier alpha value is -2.88. The van der Waals surface area contributed by atoms with Crippen LogP contribution in [0.1, 0.15) is 12.5 Å². The van der Waals surface area contributed by atoms with Gasteiger partial charge in [0, 0.05) is 19.4 Å². The van der Waals surface area contributed by atoms with Crippen LogP contribution in [0.25, 0.3) is 11.1 Å². The molecule has 0 aromatic heterocycles. The maximum atomic E-state index is 11.1. The molecule has 0 aliphatic heterocycles. The number of hydrogen-bond donors (Lipinski definition) is 0. The lowest BCUT2D eigenvalue weighted by Gasteiger charge is -2.06. The molecule has 2 aromatic rings. The molecule has 0 saturated heterocycles. The van der Waals surface area contributed by atoms with E-state index in [1.165, 1.54) is 6.92 Å². The van der Waals surface area contributed by atoms with Crippen molar-refractivity contribution in [3.8, 4) is 16.9 Å². The quantitative estimate of drug-likeness (QED) is 0.465. The molecule has 0 aliphatic rings. The van der Waals surface area contributed by atoms with Gasteiger partial charge in [0.2, 0.25) is 0 Å². The second-order valence-corrected chi connectivity index (χ2v) is 4.94. The zero-order chi connectivity index (χ0) is 16.7. The van der Waals surface area contributed by atoms with Crippen molar-refractivity contribution in [3.05, 3.63) is 66.7 Å². The van der Waals surface area contributed by atoms with Gasteiger partial charge in [0.05, 0.1) is 6.61 Å². The number of carbonyl (C=O) groups excluding carboxylic acids is 2. The van der Waals surface area contributed by atoms with Gasteiger partial charge in [0.1, 0.15) is 5.75 Å². The molecule has 0 unspecified atom stereocenters. The molecule has 0 amide bonds. The van der Waals surface area contributed by atoms with E-state index in [4.69, 9.17) is 9.47 Å². The molecular weight excluding hydrogens is 292 g/mol. The Kier molecular flexibility index (Phi) is 5.69. The van der Waals surface area contributed by atoms with E-state index in [1.54, 1.807) is 12.1 Å². The van der Waals surface area contributed by atoms with Gasteiger partial charge >= 0.3 is 11.9 Å². The lowest BCUT2D eigenvalue weighted by Crippen LogP contribution is -2.03. The van der Waals surface area contributed by atoms with E-state index < -0.39 is 5.97 Å². The summed E-state index contributed by atoms with van der Waals surface area (Å²) in [5.41, 5.74) is 3.18. The third kappa shape index (κ3) is 5.11. The van der Waals surface area contributed by atoms with Gasteiger partial charge in [-0.05, 0) is 28.8 Å². The Morgan fingerprint density at radius 3 is 2.09 bits per heavy atom. The second-order valence-electron chi connectivity index (χ2n) is 4.94. The summed E-state index contributed by atoms with van der Waals surface area (Å²) < 4.78 is 9.97. The molecule has 0 bridgehead atoms. The highest BCUT2D eigenvalue weighted by Gasteiger charge is 2.02. The fraction of sp³-hybridized carbons (Fsp3) is 0.158. The Bertz CT molecular complexity index is 684. The lowest BCUT2D eigenvalue weighted by molar-refractivity contribution is -0.140. The minimum atomic E-state index is -0.477. The summed E-state index contributed by atoms with van der Waals surface area (Å²) >= 11 is 0. The summed E-state index contributed by atoms with van der Waals surface area (Å²) in [6.07, 6.45) is 1.82. The van der Waals surface area contributed by atoms with Crippen molar-refractivity contribution in [3.63, 3.8) is 0 Å². The van der Waals surface area contributed by atoms with Gasteiger partial charge in [-0.25, -0.2) is 4.79 Å². The molecule has 2 aromatic carbocycles. The number of carbonyl (C=O) groups is 2. The molecule has 0 atom stereocenters. The second kappa shape index (κ2) is 7.94. The third-order valence-corrected chi connectivity index (χ3v) is 3.22. The molecule has 0 radical (unpaired) electrons. The number of ether oxygens (including phenoxy) is 2. The molecule has 0 fully saturated rings. The summed E-state index contributed by atoms with van der Waals surface area (Å²) in [5.74, 6) is -0.259. The molecule has 0 spiro atoms. The normalized spacial score (nSPS) is 9.96. The molecule has 0 saturated carbocycles. The fourth-order valence-corrected chi connectivity index (χ4v) is 2.05. The average Bonchev–Trinajstić information content (AvgIpc) is 2.56. The molecule has 0 aliphatic carbocycles. The van der Waals surface area contributed by atoms with Crippen LogP contribution in [0.2, 0.25) is 0 Å². The minimum absolute atomic E-state index is 0.265. The van der Waals surface area contributed by atoms with E-state index in [2.05, 4.69) is 6.58 Å². The van der Waals surface area contributed by atoms with Crippen LogP contribution in [0.5, 0.6) is 5.75 Å². The predicted octanol–water partition coefficient (Wildman–Crippen LogP) is 3.55. The van der Waals surface area contributed by atoms with Gasteiger partial charge in [-0.2, -0.15) is 0 Å². The van der Waals surface area contributed by atoms with E-state index in [9.17, 15) is 9.59 Å². The standard InChI is InChI=1S/C19H18O4/c1-3-19(21)23-18-10-8-17(9-11-18)16-6-4-15(5-7-16)12-13-22-14(2)20/h3-11H,1,12-13H2,2H3. The Morgan fingerprint density at radius 2 is 1.57 bits per heavy atom. The summed E-state index contributed by atoms with van der Waals surface area (Å²) in [6, 6.07) is 15.3. The smallest absolute Gasteiger partial charge is 0.335 e. The Morgan fingerprint density at radius 1 is 1.00 bits per heavy atom. The first-order chi connectivity index (χ1) is 11.1. The van der Waals surface area contributed by atoms with Crippen LogP contribution in [0, 0.1) is 0 Å². The number of benzene rings is 2. The highest BCUT2D eigenvalue weighted by atomic mass is 16.5. The van der Waals surface area contributed by atoms with Crippen molar-refractivity contribution in [1.82, 2.24) is 0 Å². The molecule has 2 rings (SSSR count). The van der Waals surface area contributed by atoms with Crippen molar-refractivity contribution >= 4 is 11.9 Å². The predicted molar refractivity (Wildman–Crippen MR) is 88.0 cm³/mol. The van der Waals surface area contributed by atoms with Crippen LogP contribution >= 0.6 is 0 Å². The van der Waals surface area contributed by atoms with Gasteiger partial charge in [-0.3, -0.25) is 4.79 Å². The number of rotatable bonds is 6. The number of esters is 2. The topological polar surface area (TPSA) is 52.6 Å². The lowest BCUT2D eigenvalue weighted by atomic mass is 10.0. The van der Waals surface area contributed by atoms with Crippen molar-refractivity contribution in [2.75, 3.05) is 6.61 Å². The van der Waals surface area contributed by atoms with Crippen LogP contribution < -0.4 is 4.74 Å². The third-order valence-electron chi connectivity index (χ3n) is 3.22. The van der Waals surface area contributed by atoms with Crippen molar-refractivity contribution in [2.24, 2.45) is 0 Å².